The molecule has 1 aliphatic rings. The zero-order valence-corrected chi connectivity index (χ0v) is 12.3. The highest BCUT2D eigenvalue weighted by atomic mass is 16.5. The molecule has 7 nitrogen and oxygen atoms in total. The largest absolute Gasteiger partial charge is 0.478 e. The van der Waals surface area contributed by atoms with Gasteiger partial charge in [0.05, 0.1) is 17.7 Å². The van der Waals surface area contributed by atoms with Crippen molar-refractivity contribution in [2.45, 2.75) is 25.1 Å². The second-order valence-electron chi connectivity index (χ2n) is 5.41. The number of aromatic nitrogens is 3. The number of carboxylic acids is 1. The molecule has 2 aromatic rings. The molecule has 0 aliphatic carbocycles. The molecule has 2 N–H and O–H groups in total. The van der Waals surface area contributed by atoms with E-state index in [9.17, 15) is 4.79 Å². The number of rotatable bonds is 5. The second kappa shape index (κ2) is 6.25. The van der Waals surface area contributed by atoms with Crippen LogP contribution in [0, 0.1) is 0 Å². The third-order valence-corrected chi connectivity index (χ3v) is 4.03. The lowest BCUT2D eigenvalue weighted by molar-refractivity contribution is 0.0697. The number of likely N-dealkylation sites (tertiary alicyclic amines) is 1. The Balaban J connectivity index is 1.75. The minimum Gasteiger partial charge on any atom is -0.478 e. The molecular formula is C15H18N4O3. The van der Waals surface area contributed by atoms with Crippen molar-refractivity contribution in [2.75, 3.05) is 13.7 Å². The van der Waals surface area contributed by atoms with Gasteiger partial charge in [-0.05, 0) is 24.1 Å². The summed E-state index contributed by atoms with van der Waals surface area (Å²) in [5.41, 5.74) is 1.36. The number of methoxy groups -OCH3 is 1. The number of aromatic amines is 1. The quantitative estimate of drug-likeness (QED) is 0.869. The number of benzene rings is 1. The first kappa shape index (κ1) is 14.7. The number of carboxylic acid groups (broad SMARTS) is 1. The second-order valence-corrected chi connectivity index (χ2v) is 5.41. The van der Waals surface area contributed by atoms with Gasteiger partial charge in [-0.25, -0.2) is 9.78 Å². The van der Waals surface area contributed by atoms with Crippen LogP contribution in [0.25, 0.3) is 0 Å². The van der Waals surface area contributed by atoms with Gasteiger partial charge in [-0.15, -0.1) is 0 Å². The summed E-state index contributed by atoms with van der Waals surface area (Å²) in [6, 6.07) is 7.09. The van der Waals surface area contributed by atoms with Crippen molar-refractivity contribution in [3.63, 3.8) is 0 Å². The molecular weight excluding hydrogens is 284 g/mol. The number of nitrogens with one attached hydrogen (secondary N) is 1. The minimum atomic E-state index is -0.910. The smallest absolute Gasteiger partial charge is 0.335 e. The molecule has 0 spiro atoms. The van der Waals surface area contributed by atoms with Crippen LogP contribution in [0.1, 0.15) is 34.2 Å². The number of ether oxygens (including phenoxy) is 1. The van der Waals surface area contributed by atoms with E-state index in [4.69, 9.17) is 9.84 Å². The molecule has 3 rings (SSSR count). The molecule has 22 heavy (non-hydrogen) atoms. The Kier molecular flexibility index (Phi) is 4.17. The van der Waals surface area contributed by atoms with Gasteiger partial charge in [0.2, 0.25) is 0 Å². The van der Waals surface area contributed by atoms with Crippen LogP contribution in [0.4, 0.5) is 0 Å². The molecule has 1 aliphatic heterocycles. The van der Waals surface area contributed by atoms with E-state index in [1.165, 1.54) is 6.33 Å². The third kappa shape index (κ3) is 3.00. The molecule has 1 saturated heterocycles. The lowest BCUT2D eigenvalue weighted by Crippen LogP contribution is -2.25. The highest BCUT2D eigenvalue weighted by molar-refractivity contribution is 5.87. The normalized spacial score (nSPS) is 22.0. The Hall–Kier alpha value is -2.25. The summed E-state index contributed by atoms with van der Waals surface area (Å²) in [5.74, 6) is -0.0755. The third-order valence-electron chi connectivity index (χ3n) is 4.03. The predicted molar refractivity (Wildman–Crippen MR) is 78.3 cm³/mol. The molecule has 1 aromatic carbocycles. The van der Waals surface area contributed by atoms with E-state index >= 15 is 0 Å². The molecule has 0 amide bonds. The Morgan fingerprint density at radius 3 is 2.82 bits per heavy atom. The molecule has 0 unspecified atom stereocenters. The molecule has 0 radical (unpaired) electrons. The first-order valence-electron chi connectivity index (χ1n) is 7.11. The average Bonchev–Trinajstić information content (AvgIpc) is 3.16. The van der Waals surface area contributed by atoms with E-state index in [0.717, 1.165) is 24.4 Å². The van der Waals surface area contributed by atoms with Crippen molar-refractivity contribution in [2.24, 2.45) is 0 Å². The van der Waals surface area contributed by atoms with E-state index in [1.807, 2.05) is 12.1 Å². The van der Waals surface area contributed by atoms with Crippen LogP contribution >= 0.6 is 0 Å². The summed E-state index contributed by atoms with van der Waals surface area (Å²) in [4.78, 5) is 17.4. The maximum absolute atomic E-state index is 10.9. The van der Waals surface area contributed by atoms with E-state index < -0.39 is 5.97 Å². The summed E-state index contributed by atoms with van der Waals surface area (Å²) in [5, 5.41) is 15.8. The van der Waals surface area contributed by atoms with Crippen LogP contribution < -0.4 is 0 Å². The molecule has 116 valence electrons. The van der Waals surface area contributed by atoms with Gasteiger partial charge in [-0.3, -0.25) is 10.00 Å². The van der Waals surface area contributed by atoms with Gasteiger partial charge >= 0.3 is 5.97 Å². The van der Waals surface area contributed by atoms with Crippen LogP contribution in [-0.4, -0.2) is 50.9 Å². The van der Waals surface area contributed by atoms with Crippen LogP contribution in [-0.2, 0) is 11.3 Å². The summed E-state index contributed by atoms with van der Waals surface area (Å²) in [7, 11) is 1.72. The van der Waals surface area contributed by atoms with Crippen molar-refractivity contribution in [1.29, 1.82) is 0 Å². The van der Waals surface area contributed by atoms with E-state index in [2.05, 4.69) is 20.1 Å². The maximum Gasteiger partial charge on any atom is 0.335 e. The molecule has 1 fully saturated rings. The molecule has 1 aromatic heterocycles. The van der Waals surface area contributed by atoms with Crippen LogP contribution in [0.3, 0.4) is 0 Å². The lowest BCUT2D eigenvalue weighted by atomic mass is 10.1. The van der Waals surface area contributed by atoms with E-state index in [-0.39, 0.29) is 12.1 Å². The average molecular weight is 302 g/mol. The zero-order chi connectivity index (χ0) is 15.5. The Labute approximate surface area is 127 Å². The van der Waals surface area contributed by atoms with Gasteiger partial charge in [-0.2, -0.15) is 5.10 Å². The molecule has 7 heteroatoms. The van der Waals surface area contributed by atoms with Gasteiger partial charge in [0.25, 0.3) is 0 Å². The SMILES string of the molecule is CO[C@@H]1C[C@@H](c2ncn[nH]2)N(Cc2ccc(C(=O)O)cc2)C1. The van der Waals surface area contributed by atoms with Crippen LogP contribution in [0.5, 0.6) is 0 Å². The standard InChI is InChI=1S/C15H18N4O3/c1-22-12-6-13(14-16-9-17-18-14)19(8-12)7-10-2-4-11(5-3-10)15(20)21/h2-5,9,12-13H,6-8H2,1H3,(H,20,21)(H,16,17,18)/t12-,13+/m1/s1. The van der Waals surface area contributed by atoms with E-state index in [1.54, 1.807) is 19.2 Å². The first-order valence-corrected chi connectivity index (χ1v) is 7.11. The van der Waals surface area contributed by atoms with Crippen LogP contribution in [0.2, 0.25) is 0 Å². The number of aromatic carboxylic acids is 1. The van der Waals surface area contributed by atoms with Gasteiger partial charge in [-0.1, -0.05) is 12.1 Å². The summed E-state index contributed by atoms with van der Waals surface area (Å²) < 4.78 is 5.48. The topological polar surface area (TPSA) is 91.3 Å². The predicted octanol–water partition coefficient (Wildman–Crippen LogP) is 1.46. The Bertz CT molecular complexity index is 627. The molecule has 2 heterocycles. The maximum atomic E-state index is 10.9. The number of carbonyl (C=O) groups is 1. The fourth-order valence-corrected chi connectivity index (χ4v) is 2.85. The highest BCUT2D eigenvalue weighted by Gasteiger charge is 2.34. The Morgan fingerprint density at radius 2 is 2.23 bits per heavy atom. The van der Waals surface area contributed by atoms with Gasteiger partial charge in [0.15, 0.2) is 0 Å². The highest BCUT2D eigenvalue weighted by Crippen LogP contribution is 2.32. The summed E-state index contributed by atoms with van der Waals surface area (Å²) in [6.07, 6.45) is 2.53. The van der Waals surface area contributed by atoms with Gasteiger partial charge < -0.3 is 9.84 Å². The summed E-state index contributed by atoms with van der Waals surface area (Å²) >= 11 is 0. The molecule has 0 saturated carbocycles. The lowest BCUT2D eigenvalue weighted by Gasteiger charge is -2.22. The van der Waals surface area contributed by atoms with Gasteiger partial charge in [0, 0.05) is 20.2 Å². The summed E-state index contributed by atoms with van der Waals surface area (Å²) in [6.45, 7) is 1.52. The van der Waals surface area contributed by atoms with Crippen molar-refractivity contribution in [3.8, 4) is 0 Å². The monoisotopic (exact) mass is 302 g/mol. The fourth-order valence-electron chi connectivity index (χ4n) is 2.85. The zero-order valence-electron chi connectivity index (χ0n) is 12.3. The number of H-pyrrole nitrogens is 1. The molecule has 0 bridgehead atoms. The fraction of sp³-hybridized carbons (Fsp3) is 0.400. The van der Waals surface area contributed by atoms with Crippen molar-refractivity contribution in [1.82, 2.24) is 20.1 Å². The van der Waals surface area contributed by atoms with Crippen LogP contribution in [0.15, 0.2) is 30.6 Å². The Morgan fingerprint density at radius 1 is 1.45 bits per heavy atom. The van der Waals surface area contributed by atoms with Gasteiger partial charge in [0.1, 0.15) is 12.2 Å². The number of nitrogens with zero attached hydrogens (tertiary/aromatic N) is 3. The minimum absolute atomic E-state index is 0.131. The number of hydrogen-bond acceptors (Lipinski definition) is 5. The molecule has 2 atom stereocenters. The van der Waals surface area contributed by atoms with Crippen molar-refractivity contribution < 1.29 is 14.6 Å². The van der Waals surface area contributed by atoms with Crippen molar-refractivity contribution >= 4 is 5.97 Å². The van der Waals surface area contributed by atoms with E-state index in [0.29, 0.717) is 12.1 Å². The van der Waals surface area contributed by atoms with Crippen molar-refractivity contribution in [3.05, 3.63) is 47.5 Å². The first-order chi connectivity index (χ1) is 10.7. The number of hydrogen-bond donors (Lipinski definition) is 2.